The Balaban J connectivity index is 0.000000582. The van der Waals surface area contributed by atoms with E-state index >= 15 is 0 Å². The molecule has 0 spiro atoms. The molecule has 0 bridgehead atoms. The molecule has 44 nitrogen and oxygen atoms in total. The molecule has 0 saturated carbocycles. The van der Waals surface area contributed by atoms with E-state index in [2.05, 4.69) is 104 Å². The summed E-state index contributed by atoms with van der Waals surface area (Å²) in [5, 5.41) is 69.8. The van der Waals surface area contributed by atoms with E-state index in [1.165, 1.54) is 48.2 Å². The Morgan fingerprint density at radius 3 is 1.55 bits per heavy atom. The highest BCUT2D eigenvalue weighted by Crippen LogP contribution is 2.23. The molecule has 2 saturated heterocycles. The van der Waals surface area contributed by atoms with Crippen LogP contribution in [0.15, 0.2) is 129 Å². The first-order valence-electron chi connectivity index (χ1n) is 39.6. The standard InChI is InChI=1S/C47H56F3N13O13S.C31H42F3N9O9.CH4/c1-2-11-30(58-39(67)29-18-19-36(54-24-29)63-56-25-28-14-6-7-17-35(28)77-76-75-74)40(68)52-20-9-8-15-32-42(70)59-31(16-10-21-53-46(51)62-45(73)47(48,49)50)41(69)55-26-37(64)57-34(23-38(65)66)44(72)61-33(43(71)60-32)22-27-12-4-3-5-13-27;1-17(44)36-12-6-5-10-20-26(49)40-19(11-7-13-37-30(35)43-29(52)31(32,33)34)25(48)38-16-23(45)39-22(15-24(46)47)28(51)42-21(27(50)41-20)14-18-8-3-2-4-9-18;/h3-7,12-14,17-19,22,24-25,30-32,34,74H,2,8-11,15-16,20-21,23,26H2,1H3,(H,52,68)(H,54,63)(H,55,69)(H,57,64)(H,58,67)(H,59,70)(H,60,71)(H,61,72)(H,65,66)(H3,51,53,62,73);2-4,8-9,19-22H,5-7,10-16H2,1H3,(H,36,44)(H,38,48)(H,39,45)(H,40,49)(H,41,50)(H,42,51)(H,46,47)(H3,35,37,43,52);1H4/b33-22-,56-25+;;/t30-,31-,32-,34-;19-,20-,21+,22-;/m00./s1. The zero-order valence-electron chi connectivity index (χ0n) is 69.2. The maximum atomic E-state index is 14.1. The van der Waals surface area contributed by atoms with Crippen molar-refractivity contribution in [2.75, 3.05) is 44.7 Å². The van der Waals surface area contributed by atoms with Crippen molar-refractivity contribution >= 4 is 143 Å². The van der Waals surface area contributed by atoms with Crippen molar-refractivity contribution < 1.29 is 133 Å². The Morgan fingerprint density at radius 1 is 0.577 bits per heavy atom. The van der Waals surface area contributed by atoms with E-state index in [-0.39, 0.29) is 115 Å². The molecule has 0 radical (unpaired) electrons. The summed E-state index contributed by atoms with van der Waals surface area (Å²) in [6.45, 7) is 1.14. The van der Waals surface area contributed by atoms with Crippen molar-refractivity contribution in [2.45, 2.75) is 183 Å². The molecule has 1 aromatic heterocycles. The van der Waals surface area contributed by atoms with Crippen LogP contribution in [-0.4, -0.2) is 239 Å². The van der Waals surface area contributed by atoms with Gasteiger partial charge in [-0.15, -0.1) is 4.33 Å². The van der Waals surface area contributed by atoms with Gasteiger partial charge in [-0.3, -0.25) is 108 Å². The molecule has 15 amide bonds. The zero-order chi connectivity index (χ0) is 95.2. The normalized spacial score (nSPS) is 18.9. The number of carbonyl (C=O) groups excluding carboxylic acids is 15. The Kier molecular flexibility index (Phi) is 46.6. The molecule has 3 aromatic carbocycles. The quantitative estimate of drug-likeness (QED) is 0.00403. The fraction of sp³-hybridized carbons (Fsp3) is 0.430. The number of hydrazone groups is 1. The number of amides is 15. The van der Waals surface area contributed by atoms with Gasteiger partial charge >= 0.3 is 36.1 Å². The van der Waals surface area contributed by atoms with E-state index in [4.69, 9.17) is 16.7 Å². The molecule has 130 heavy (non-hydrogen) atoms. The summed E-state index contributed by atoms with van der Waals surface area (Å²) in [6, 6.07) is 14.9. The Labute approximate surface area is 742 Å². The van der Waals surface area contributed by atoms with Gasteiger partial charge in [0.25, 0.3) is 11.8 Å². The van der Waals surface area contributed by atoms with Crippen LogP contribution in [0.25, 0.3) is 6.08 Å². The SMILES string of the molecule is C.CC(=O)NCCCC[C@@H]1NC(=O)[C@@H](Cc2ccccc2)NC(=O)[C@H](CC(=O)O)NC(=O)CNC(=O)[C@H](CCCN=C(N)NC(=O)C(F)(F)F)NC1=O.CCC[C@H](NC(=O)c1ccc(N/N=C/c2ccccc2SOOO)nc1)C(=O)NCCCC[C@@H]1NC(=O)/C(=C/c2ccccc2)NC(=O)[C@H](CC(=O)O)NC(=O)CNC(=O)[C@H](CCCN=C(N)NC(=O)C(F)(F)F)NC1=O. The van der Waals surface area contributed by atoms with E-state index in [0.717, 1.165) is 12.0 Å². The number of nitrogens with one attached hydrogen (secondary N) is 16. The summed E-state index contributed by atoms with van der Waals surface area (Å²) in [6.07, 6.45) is -7.58. The number of benzene rings is 3. The van der Waals surface area contributed by atoms with Gasteiger partial charge in [-0.05, 0) is 106 Å². The number of hydrogen-bond acceptors (Lipinski definition) is 26. The number of pyridine rings is 1. The third kappa shape index (κ3) is 41.0. The lowest BCUT2D eigenvalue weighted by Gasteiger charge is -2.26. The van der Waals surface area contributed by atoms with Crippen LogP contribution in [0.5, 0.6) is 0 Å². The molecule has 0 unspecified atom stereocenters. The van der Waals surface area contributed by atoms with Gasteiger partial charge in [0.2, 0.25) is 65.0 Å². The van der Waals surface area contributed by atoms with Crippen molar-refractivity contribution in [1.82, 2.24) is 84.7 Å². The van der Waals surface area contributed by atoms with Crippen molar-refractivity contribution in [2.24, 2.45) is 26.6 Å². The van der Waals surface area contributed by atoms with Crippen LogP contribution < -0.4 is 96.6 Å². The number of unbranched alkanes of at least 4 members (excludes halogenated alkanes) is 2. The molecule has 6 rings (SSSR count). The molecule has 2 aliphatic rings. The Hall–Kier alpha value is -14.2. The highest BCUT2D eigenvalue weighted by Gasteiger charge is 2.41. The van der Waals surface area contributed by atoms with Gasteiger partial charge in [0.05, 0.1) is 49.8 Å². The van der Waals surface area contributed by atoms with Crippen LogP contribution >= 0.6 is 12.0 Å². The van der Waals surface area contributed by atoms with Gasteiger partial charge in [-0.25, -0.2) is 10.2 Å². The van der Waals surface area contributed by atoms with Crippen molar-refractivity contribution in [1.29, 1.82) is 0 Å². The minimum Gasteiger partial charge on any atom is -0.481 e. The first kappa shape index (κ1) is 108. The first-order chi connectivity index (χ1) is 61.2. The molecule has 2 aliphatic heterocycles. The number of nitrogens with zero attached hydrogens (tertiary/aromatic N) is 4. The summed E-state index contributed by atoms with van der Waals surface area (Å²) in [4.78, 5) is 230. The van der Waals surface area contributed by atoms with E-state index in [9.17, 15) is 118 Å². The molecule has 3 heterocycles. The molecule has 2 fully saturated rings. The second kappa shape index (κ2) is 56.1. The average molecular weight is 1860 g/mol. The highest BCUT2D eigenvalue weighted by molar-refractivity contribution is 7.94. The van der Waals surface area contributed by atoms with Gasteiger partial charge in [0, 0.05) is 56.2 Å². The number of carboxylic acids is 2. The average Bonchev–Trinajstić information content (AvgIpc) is 1.68. The van der Waals surface area contributed by atoms with Crippen LogP contribution in [0.2, 0.25) is 0 Å². The van der Waals surface area contributed by atoms with Crippen LogP contribution in [-0.2, 0) is 92.5 Å². The number of nitrogens with two attached hydrogens (primary N) is 2. The third-order valence-electron chi connectivity index (χ3n) is 18.0. The van der Waals surface area contributed by atoms with E-state index in [1.807, 2.05) is 6.92 Å². The second-order valence-corrected chi connectivity index (χ2v) is 28.9. The van der Waals surface area contributed by atoms with Gasteiger partial charge in [0.1, 0.15) is 59.8 Å². The molecule has 8 atom stereocenters. The van der Waals surface area contributed by atoms with Crippen LogP contribution in [0.4, 0.5) is 32.2 Å². The minimum atomic E-state index is -5.26. The monoisotopic (exact) mass is 1860 g/mol. The van der Waals surface area contributed by atoms with Crippen LogP contribution in [0, 0.1) is 0 Å². The molecule has 4 aromatic rings. The number of hydrogen-bond donors (Lipinski definition) is 21. The summed E-state index contributed by atoms with van der Waals surface area (Å²) in [5.41, 5.74) is 14.7. The Morgan fingerprint density at radius 2 is 1.05 bits per heavy atom. The molecular weight excluding hydrogens is 1760 g/mol. The lowest BCUT2D eigenvalue weighted by atomic mass is 10.0. The van der Waals surface area contributed by atoms with E-state index < -0.39 is 199 Å². The van der Waals surface area contributed by atoms with Gasteiger partial charge in [0.15, 0.2) is 11.9 Å². The van der Waals surface area contributed by atoms with E-state index in [1.54, 1.807) is 84.9 Å². The van der Waals surface area contributed by atoms with E-state index in [0.29, 0.717) is 40.8 Å². The van der Waals surface area contributed by atoms with Gasteiger partial charge in [-0.2, -0.15) is 31.4 Å². The van der Waals surface area contributed by atoms with Crippen molar-refractivity contribution in [3.8, 4) is 0 Å². The van der Waals surface area contributed by atoms with Crippen LogP contribution in [0.3, 0.4) is 0 Å². The molecular formula is C79H102F6N22O22S. The molecule has 51 heteroatoms. The second-order valence-electron chi connectivity index (χ2n) is 28.2. The number of aromatic nitrogens is 1. The molecule has 708 valence electrons. The summed E-state index contributed by atoms with van der Waals surface area (Å²) in [5.74, 6) is -20.3. The fourth-order valence-corrected chi connectivity index (χ4v) is 12.1. The number of aliphatic carboxylic acids is 2. The Bertz CT molecular complexity index is 4690. The van der Waals surface area contributed by atoms with Gasteiger partial charge < -0.3 is 90.8 Å². The lowest BCUT2D eigenvalue weighted by molar-refractivity contribution is -0.432. The third-order valence-corrected chi connectivity index (χ3v) is 18.7. The number of carbonyl (C=O) groups is 17. The number of carboxylic acid groups (broad SMARTS) is 2. The summed E-state index contributed by atoms with van der Waals surface area (Å²) >= 11 is 0.754. The molecule has 23 N–H and O–H groups in total. The maximum absolute atomic E-state index is 14.1. The smallest absolute Gasteiger partial charge is 0.471 e. The molecule has 0 aliphatic carbocycles. The lowest BCUT2D eigenvalue weighted by Crippen LogP contribution is -2.58. The summed E-state index contributed by atoms with van der Waals surface area (Å²) < 4.78 is 80.1. The number of rotatable bonds is 36. The van der Waals surface area contributed by atoms with Crippen molar-refractivity contribution in [3.63, 3.8) is 0 Å². The summed E-state index contributed by atoms with van der Waals surface area (Å²) in [7, 11) is 0. The van der Waals surface area contributed by atoms with Crippen LogP contribution in [0.1, 0.15) is 138 Å². The largest absolute Gasteiger partial charge is 0.481 e. The topological polar surface area (TPSA) is 664 Å². The zero-order valence-corrected chi connectivity index (χ0v) is 70.0. The highest BCUT2D eigenvalue weighted by atomic mass is 32.2. The minimum absolute atomic E-state index is 0. The fourth-order valence-electron chi connectivity index (χ4n) is 11.7. The number of anilines is 1. The first-order valence-corrected chi connectivity index (χ1v) is 40.4. The number of halogens is 6. The van der Waals surface area contributed by atoms with Gasteiger partial charge in [-0.1, -0.05) is 105 Å². The predicted octanol–water partition coefficient (Wildman–Crippen LogP) is -0.381. The maximum Gasteiger partial charge on any atom is 0.471 e. The number of alkyl halides is 6. The number of aliphatic imine (C=N–C) groups is 2. The van der Waals surface area contributed by atoms with Crippen molar-refractivity contribution in [3.05, 3.63) is 131 Å². The number of guanidine groups is 2. The predicted molar refractivity (Wildman–Crippen MR) is 451 cm³/mol.